The summed E-state index contributed by atoms with van der Waals surface area (Å²) in [5.74, 6) is 0.521. The maximum atomic E-state index is 12.1. The van der Waals surface area contributed by atoms with Crippen molar-refractivity contribution in [3.8, 4) is 0 Å². The van der Waals surface area contributed by atoms with E-state index in [1.807, 2.05) is 0 Å². The second kappa shape index (κ2) is 6.13. The second-order valence-corrected chi connectivity index (χ2v) is 5.57. The van der Waals surface area contributed by atoms with Crippen molar-refractivity contribution < 1.29 is 31.8 Å². The molecule has 1 aliphatic carbocycles. The molecular weight excluding hydrogens is 305 g/mol. The zero-order valence-corrected chi connectivity index (χ0v) is 12.0. The number of rotatable bonds is 4. The van der Waals surface area contributed by atoms with Crippen LogP contribution in [0.3, 0.4) is 0 Å². The van der Waals surface area contributed by atoms with E-state index in [4.69, 9.17) is 13.9 Å². The number of ether oxygens (including phenoxy) is 3. The number of hydrogen-bond acceptors (Lipinski definition) is 6. The normalized spacial score (nSPS) is 32.7. The van der Waals surface area contributed by atoms with Gasteiger partial charge in [0.05, 0.1) is 18.8 Å². The molecule has 1 aromatic rings. The van der Waals surface area contributed by atoms with Crippen molar-refractivity contribution in [1.82, 2.24) is 10.2 Å². The van der Waals surface area contributed by atoms with E-state index >= 15 is 0 Å². The summed E-state index contributed by atoms with van der Waals surface area (Å²) < 4.78 is 56.6. The lowest BCUT2D eigenvalue weighted by Gasteiger charge is -2.32. The minimum atomic E-state index is -4.60. The van der Waals surface area contributed by atoms with Crippen LogP contribution in [0.25, 0.3) is 0 Å². The van der Waals surface area contributed by atoms with Gasteiger partial charge in [0, 0.05) is 19.4 Å². The van der Waals surface area contributed by atoms with E-state index in [1.54, 1.807) is 7.11 Å². The zero-order chi connectivity index (χ0) is 15.7. The molecule has 2 fully saturated rings. The summed E-state index contributed by atoms with van der Waals surface area (Å²) >= 11 is 0. The fourth-order valence-electron chi connectivity index (χ4n) is 2.75. The first kappa shape index (κ1) is 15.7. The smallest absolute Gasteiger partial charge is 0.422 e. The van der Waals surface area contributed by atoms with Gasteiger partial charge in [-0.05, 0) is 19.3 Å². The van der Waals surface area contributed by atoms with Gasteiger partial charge >= 0.3 is 6.36 Å². The predicted molar refractivity (Wildman–Crippen MR) is 65.9 cm³/mol. The van der Waals surface area contributed by atoms with Crippen LogP contribution in [0.2, 0.25) is 0 Å². The van der Waals surface area contributed by atoms with Gasteiger partial charge in [-0.25, -0.2) is 0 Å². The van der Waals surface area contributed by atoms with Crippen molar-refractivity contribution in [3.63, 3.8) is 0 Å². The van der Waals surface area contributed by atoms with E-state index in [1.165, 1.54) is 0 Å². The lowest BCUT2D eigenvalue weighted by Crippen LogP contribution is -2.34. The molecule has 1 saturated heterocycles. The molecule has 0 aromatic carbocycles. The van der Waals surface area contributed by atoms with Gasteiger partial charge < -0.3 is 13.9 Å². The molecule has 22 heavy (non-hydrogen) atoms. The van der Waals surface area contributed by atoms with Crippen LogP contribution in [0.4, 0.5) is 13.2 Å². The Kier molecular flexibility index (Phi) is 4.37. The molecule has 124 valence electrons. The summed E-state index contributed by atoms with van der Waals surface area (Å²) in [5, 5.41) is 7.87. The van der Waals surface area contributed by atoms with Crippen LogP contribution >= 0.6 is 0 Å². The summed E-state index contributed by atoms with van der Waals surface area (Å²) in [5.41, 5.74) is 0. The van der Waals surface area contributed by atoms with Gasteiger partial charge in [0.2, 0.25) is 11.8 Å². The summed E-state index contributed by atoms with van der Waals surface area (Å²) in [7, 11) is 1.64. The average Bonchev–Trinajstić information content (AvgIpc) is 2.91. The highest BCUT2D eigenvalue weighted by Crippen LogP contribution is 2.41. The Bertz CT molecular complexity index is 502. The maximum absolute atomic E-state index is 12.1. The Labute approximate surface area is 124 Å². The number of nitrogens with zero attached hydrogens (tertiary/aromatic N) is 2. The van der Waals surface area contributed by atoms with Crippen LogP contribution in [0.5, 0.6) is 0 Å². The van der Waals surface area contributed by atoms with E-state index in [0.717, 1.165) is 6.42 Å². The molecule has 2 unspecified atom stereocenters. The van der Waals surface area contributed by atoms with Crippen molar-refractivity contribution >= 4 is 0 Å². The van der Waals surface area contributed by atoms with Gasteiger partial charge in [-0.2, -0.15) is 0 Å². The van der Waals surface area contributed by atoms with Crippen LogP contribution in [-0.2, 0) is 14.2 Å². The molecule has 0 amide bonds. The van der Waals surface area contributed by atoms with Crippen molar-refractivity contribution in [2.75, 3.05) is 13.7 Å². The molecule has 0 N–H and O–H groups in total. The summed E-state index contributed by atoms with van der Waals surface area (Å²) in [6, 6.07) is 0. The quantitative estimate of drug-likeness (QED) is 0.849. The van der Waals surface area contributed by atoms with E-state index in [-0.39, 0.29) is 31.0 Å². The molecule has 0 radical (unpaired) electrons. The molecule has 9 heteroatoms. The van der Waals surface area contributed by atoms with E-state index in [2.05, 4.69) is 14.9 Å². The van der Waals surface area contributed by atoms with E-state index < -0.39 is 12.5 Å². The van der Waals surface area contributed by atoms with Gasteiger partial charge in [0.15, 0.2) is 0 Å². The molecule has 1 aromatic heterocycles. The highest BCUT2D eigenvalue weighted by Gasteiger charge is 2.42. The van der Waals surface area contributed by atoms with Crippen LogP contribution in [-0.4, -0.2) is 42.5 Å². The SMILES string of the molecule is COC1CCOC(c2nnc([C@H]3C[C@@H](OC(F)(F)F)C3)o2)C1. The molecule has 0 bridgehead atoms. The minimum absolute atomic E-state index is 0.0855. The first-order valence-corrected chi connectivity index (χ1v) is 7.17. The third-order valence-corrected chi connectivity index (χ3v) is 4.05. The monoisotopic (exact) mass is 322 g/mol. The van der Waals surface area contributed by atoms with Gasteiger partial charge in [0.1, 0.15) is 6.10 Å². The maximum Gasteiger partial charge on any atom is 0.522 e. The first-order valence-electron chi connectivity index (χ1n) is 7.17. The highest BCUT2D eigenvalue weighted by atomic mass is 19.4. The van der Waals surface area contributed by atoms with Gasteiger partial charge in [-0.1, -0.05) is 0 Å². The van der Waals surface area contributed by atoms with Crippen LogP contribution in [0.15, 0.2) is 4.42 Å². The Hall–Kier alpha value is -1.19. The zero-order valence-electron chi connectivity index (χ0n) is 12.0. The van der Waals surface area contributed by atoms with Crippen molar-refractivity contribution in [2.45, 2.75) is 56.3 Å². The summed E-state index contributed by atoms with van der Waals surface area (Å²) in [6.07, 6.45) is -3.76. The Morgan fingerprint density at radius 1 is 1.09 bits per heavy atom. The second-order valence-electron chi connectivity index (χ2n) is 5.57. The molecule has 2 atom stereocenters. The molecule has 1 aliphatic heterocycles. The van der Waals surface area contributed by atoms with Crippen molar-refractivity contribution in [1.29, 1.82) is 0 Å². The first-order chi connectivity index (χ1) is 10.4. The average molecular weight is 322 g/mol. The Morgan fingerprint density at radius 3 is 2.50 bits per heavy atom. The molecular formula is C13H17F3N2O4. The third-order valence-electron chi connectivity index (χ3n) is 4.05. The molecule has 2 aliphatic rings. The number of methoxy groups -OCH3 is 1. The van der Waals surface area contributed by atoms with Gasteiger partial charge in [-0.3, -0.25) is 4.74 Å². The molecule has 2 heterocycles. The topological polar surface area (TPSA) is 66.6 Å². The lowest BCUT2D eigenvalue weighted by atomic mass is 9.82. The molecule has 1 saturated carbocycles. The number of aromatic nitrogens is 2. The molecule has 6 nitrogen and oxygen atoms in total. The highest BCUT2D eigenvalue weighted by molar-refractivity contribution is 5.02. The number of halogens is 3. The molecule has 0 spiro atoms. The van der Waals surface area contributed by atoms with Crippen LogP contribution in [0, 0.1) is 0 Å². The number of alkyl halides is 3. The van der Waals surface area contributed by atoms with Crippen LogP contribution in [0.1, 0.15) is 49.5 Å². The van der Waals surface area contributed by atoms with Crippen molar-refractivity contribution in [2.24, 2.45) is 0 Å². The Morgan fingerprint density at radius 2 is 1.82 bits per heavy atom. The van der Waals surface area contributed by atoms with Gasteiger partial charge in [0.25, 0.3) is 0 Å². The fraction of sp³-hybridized carbons (Fsp3) is 0.846. The number of hydrogen-bond donors (Lipinski definition) is 0. The van der Waals surface area contributed by atoms with Crippen molar-refractivity contribution in [3.05, 3.63) is 11.8 Å². The lowest BCUT2D eigenvalue weighted by molar-refractivity contribution is -0.352. The van der Waals surface area contributed by atoms with Gasteiger partial charge in [-0.15, -0.1) is 23.4 Å². The standard InChI is InChI=1S/C13H17F3N2O4/c1-19-8-2-3-20-10(6-8)12-18-17-11(21-12)7-4-9(5-7)22-13(14,15)16/h7-10H,2-6H2,1H3/t7-,8?,9+,10?. The van der Waals surface area contributed by atoms with E-state index in [9.17, 15) is 13.2 Å². The van der Waals surface area contributed by atoms with Crippen LogP contribution < -0.4 is 0 Å². The molecule has 3 rings (SSSR count). The fourth-order valence-corrected chi connectivity index (χ4v) is 2.75. The summed E-state index contributed by atoms with van der Waals surface area (Å²) in [6.45, 7) is 0.547. The minimum Gasteiger partial charge on any atom is -0.422 e. The third kappa shape index (κ3) is 3.58. The summed E-state index contributed by atoms with van der Waals surface area (Å²) in [4.78, 5) is 0. The predicted octanol–water partition coefficient (Wildman–Crippen LogP) is 2.72. The largest absolute Gasteiger partial charge is 0.522 e. The Balaban J connectivity index is 1.54. The van der Waals surface area contributed by atoms with E-state index in [0.29, 0.717) is 24.8 Å².